The van der Waals surface area contributed by atoms with Crippen molar-refractivity contribution < 1.29 is 14.4 Å². The second kappa shape index (κ2) is 8.20. The molecule has 2 heterocycles. The van der Waals surface area contributed by atoms with Crippen LogP contribution < -0.4 is 10.2 Å². The topological polar surface area (TPSA) is 71.4 Å². The maximum atomic E-state index is 13.3. The normalized spacial score (nSPS) is 15.4. The molecule has 33 heavy (non-hydrogen) atoms. The van der Waals surface area contributed by atoms with Gasteiger partial charge in [0.05, 0.1) is 5.69 Å². The third-order valence-corrected chi connectivity index (χ3v) is 5.80. The van der Waals surface area contributed by atoms with E-state index in [1.165, 1.54) is 0 Å². The van der Waals surface area contributed by atoms with Gasteiger partial charge in [-0.05, 0) is 106 Å². The zero-order valence-electron chi connectivity index (χ0n) is 19.7. The molecule has 0 radical (unpaired) electrons. The summed E-state index contributed by atoms with van der Waals surface area (Å²) in [4.78, 5) is 39.5. The summed E-state index contributed by atoms with van der Waals surface area (Å²) in [7, 11) is 0. The maximum absolute atomic E-state index is 13.3. The lowest BCUT2D eigenvalue weighted by Gasteiger charge is -2.27. The van der Waals surface area contributed by atoms with Gasteiger partial charge >= 0.3 is 6.03 Å². The summed E-state index contributed by atoms with van der Waals surface area (Å²) in [6.45, 7) is 11.8. The Hall–Kier alpha value is -3.93. The molecule has 0 aliphatic carbocycles. The number of nitrogens with zero attached hydrogens (tertiary/aromatic N) is 2. The van der Waals surface area contributed by atoms with E-state index < -0.39 is 17.8 Å². The van der Waals surface area contributed by atoms with Crippen molar-refractivity contribution in [3.63, 3.8) is 0 Å². The van der Waals surface area contributed by atoms with Crippen molar-refractivity contribution in [2.75, 3.05) is 4.90 Å². The monoisotopic (exact) mass is 441 g/mol. The van der Waals surface area contributed by atoms with Crippen LogP contribution in [0.3, 0.4) is 0 Å². The third kappa shape index (κ3) is 4.12. The van der Waals surface area contributed by atoms with Gasteiger partial charge in [0, 0.05) is 17.1 Å². The zero-order valence-corrected chi connectivity index (χ0v) is 19.7. The van der Waals surface area contributed by atoms with E-state index in [1.54, 1.807) is 18.2 Å². The fourth-order valence-electron chi connectivity index (χ4n) is 4.54. The van der Waals surface area contributed by atoms with Gasteiger partial charge in [0.25, 0.3) is 11.8 Å². The SMILES string of the molecule is Cc1cc(C)cc(N2C(=O)NC(=O)C(=Cc3cc(C)n(-c4cc(C)cc(C)c4)c3C)C2=O)c1. The molecule has 1 N–H and O–H groups in total. The first-order valence-corrected chi connectivity index (χ1v) is 10.8. The van der Waals surface area contributed by atoms with E-state index in [0.29, 0.717) is 5.69 Å². The van der Waals surface area contributed by atoms with Gasteiger partial charge in [0.1, 0.15) is 5.57 Å². The number of carbonyl (C=O) groups excluding carboxylic acids is 3. The van der Waals surface area contributed by atoms with Crippen molar-refractivity contribution in [1.82, 2.24) is 9.88 Å². The zero-order chi connectivity index (χ0) is 24.0. The molecule has 6 heteroatoms. The molecule has 0 unspecified atom stereocenters. The van der Waals surface area contributed by atoms with Gasteiger partial charge in [-0.2, -0.15) is 0 Å². The number of urea groups is 1. The van der Waals surface area contributed by atoms with E-state index in [1.807, 2.05) is 39.8 Å². The number of rotatable bonds is 3. The fraction of sp³-hybridized carbons (Fsp3) is 0.222. The van der Waals surface area contributed by atoms with Gasteiger partial charge in [-0.15, -0.1) is 0 Å². The van der Waals surface area contributed by atoms with Crippen LogP contribution in [0.25, 0.3) is 11.8 Å². The summed E-state index contributed by atoms with van der Waals surface area (Å²) >= 11 is 0. The number of benzene rings is 2. The van der Waals surface area contributed by atoms with Crippen LogP contribution in [0.1, 0.15) is 39.2 Å². The molecule has 168 valence electrons. The Balaban J connectivity index is 1.79. The molecule has 1 fully saturated rings. The van der Waals surface area contributed by atoms with Crippen LogP contribution in [0, 0.1) is 41.5 Å². The molecule has 3 aromatic rings. The second-order valence-electron chi connectivity index (χ2n) is 8.81. The average Bonchev–Trinajstić information content (AvgIpc) is 2.96. The van der Waals surface area contributed by atoms with Crippen LogP contribution in [0.4, 0.5) is 10.5 Å². The summed E-state index contributed by atoms with van der Waals surface area (Å²) in [5, 5.41) is 2.31. The van der Waals surface area contributed by atoms with Crippen LogP contribution >= 0.6 is 0 Å². The molecule has 1 aromatic heterocycles. The molecular weight excluding hydrogens is 414 g/mol. The molecule has 4 rings (SSSR count). The first-order valence-electron chi connectivity index (χ1n) is 10.8. The Labute approximate surface area is 193 Å². The standard InChI is InChI=1S/C27H27N3O3/c1-15-7-16(2)10-22(9-15)29-19(5)13-21(20(29)6)14-24-25(31)28-27(33)30(26(24)32)23-11-17(3)8-18(4)12-23/h7-14H,1-6H3,(H,28,31,33). The lowest BCUT2D eigenvalue weighted by Crippen LogP contribution is -2.54. The largest absolute Gasteiger partial charge is 0.335 e. The number of aryl methyl sites for hydroxylation is 5. The predicted molar refractivity (Wildman–Crippen MR) is 130 cm³/mol. The number of hydrogen-bond donors (Lipinski definition) is 1. The van der Waals surface area contributed by atoms with Gasteiger partial charge in [-0.25, -0.2) is 9.69 Å². The minimum Gasteiger partial charge on any atom is -0.318 e. The minimum absolute atomic E-state index is 0.0746. The van der Waals surface area contributed by atoms with Gasteiger partial charge in [0.2, 0.25) is 0 Å². The van der Waals surface area contributed by atoms with Crippen LogP contribution in [-0.2, 0) is 9.59 Å². The van der Waals surface area contributed by atoms with Crippen molar-refractivity contribution in [1.29, 1.82) is 0 Å². The highest BCUT2D eigenvalue weighted by Crippen LogP contribution is 2.27. The van der Waals surface area contributed by atoms with E-state index in [0.717, 1.165) is 49.8 Å². The van der Waals surface area contributed by atoms with Crippen molar-refractivity contribution in [3.05, 3.63) is 87.2 Å². The summed E-state index contributed by atoms with van der Waals surface area (Å²) in [6, 6.07) is 13.0. The van der Waals surface area contributed by atoms with E-state index in [4.69, 9.17) is 0 Å². The number of aromatic nitrogens is 1. The molecule has 1 aliphatic rings. The van der Waals surface area contributed by atoms with Gasteiger partial charge in [0.15, 0.2) is 0 Å². The second-order valence-corrected chi connectivity index (χ2v) is 8.81. The summed E-state index contributed by atoms with van der Waals surface area (Å²) < 4.78 is 2.10. The van der Waals surface area contributed by atoms with Crippen LogP contribution in [0.5, 0.6) is 0 Å². The number of imide groups is 2. The lowest BCUT2D eigenvalue weighted by molar-refractivity contribution is -0.122. The van der Waals surface area contributed by atoms with Crippen molar-refractivity contribution in [3.8, 4) is 5.69 Å². The number of amides is 4. The Morgan fingerprint density at radius 3 is 1.76 bits per heavy atom. The Morgan fingerprint density at radius 2 is 1.21 bits per heavy atom. The third-order valence-electron chi connectivity index (χ3n) is 5.80. The van der Waals surface area contributed by atoms with E-state index in [2.05, 4.69) is 41.9 Å². The lowest BCUT2D eigenvalue weighted by atomic mass is 10.1. The highest BCUT2D eigenvalue weighted by molar-refractivity contribution is 6.39. The number of hydrogen-bond acceptors (Lipinski definition) is 3. The molecule has 0 bridgehead atoms. The van der Waals surface area contributed by atoms with Gasteiger partial charge < -0.3 is 4.57 Å². The van der Waals surface area contributed by atoms with Crippen LogP contribution in [0.15, 0.2) is 48.0 Å². The van der Waals surface area contributed by atoms with Crippen LogP contribution in [-0.4, -0.2) is 22.4 Å². The number of carbonyl (C=O) groups is 3. The average molecular weight is 442 g/mol. The summed E-state index contributed by atoms with van der Waals surface area (Å²) in [5.74, 6) is -1.33. The molecule has 1 saturated heterocycles. The molecule has 0 atom stereocenters. The van der Waals surface area contributed by atoms with E-state index in [9.17, 15) is 14.4 Å². The van der Waals surface area contributed by atoms with E-state index >= 15 is 0 Å². The molecule has 6 nitrogen and oxygen atoms in total. The molecule has 0 saturated carbocycles. The van der Waals surface area contributed by atoms with Crippen molar-refractivity contribution in [2.45, 2.75) is 41.5 Å². The molecule has 2 aromatic carbocycles. The fourth-order valence-corrected chi connectivity index (χ4v) is 4.54. The Morgan fingerprint density at radius 1 is 0.697 bits per heavy atom. The highest BCUT2D eigenvalue weighted by Gasteiger charge is 2.37. The molecule has 1 aliphatic heterocycles. The highest BCUT2D eigenvalue weighted by atomic mass is 16.2. The first-order chi connectivity index (χ1) is 15.5. The van der Waals surface area contributed by atoms with Gasteiger partial charge in [-0.1, -0.05) is 12.1 Å². The minimum atomic E-state index is -0.743. The van der Waals surface area contributed by atoms with E-state index in [-0.39, 0.29) is 5.57 Å². The molecule has 4 amide bonds. The number of nitrogens with one attached hydrogen (secondary N) is 1. The number of barbiturate groups is 1. The quantitative estimate of drug-likeness (QED) is 0.460. The predicted octanol–water partition coefficient (Wildman–Crippen LogP) is 4.99. The van der Waals surface area contributed by atoms with Gasteiger partial charge in [-0.3, -0.25) is 14.9 Å². The molecule has 0 spiro atoms. The Kier molecular flexibility index (Phi) is 5.54. The summed E-state index contributed by atoms with van der Waals surface area (Å²) in [6.07, 6.45) is 1.57. The number of anilines is 1. The van der Waals surface area contributed by atoms with Crippen molar-refractivity contribution >= 4 is 29.6 Å². The van der Waals surface area contributed by atoms with Crippen LogP contribution in [0.2, 0.25) is 0 Å². The molecular formula is C27H27N3O3. The maximum Gasteiger partial charge on any atom is 0.335 e. The van der Waals surface area contributed by atoms with Crippen molar-refractivity contribution in [2.24, 2.45) is 0 Å². The summed E-state index contributed by atoms with van der Waals surface area (Å²) in [5.41, 5.74) is 8.18. The smallest absolute Gasteiger partial charge is 0.318 e. The first kappa shape index (κ1) is 22.3. The Bertz CT molecular complexity index is 1320.